The van der Waals surface area contributed by atoms with Crippen LogP contribution < -0.4 is 14.2 Å². The zero-order valence-corrected chi connectivity index (χ0v) is 14.2. The quantitative estimate of drug-likeness (QED) is 0.851. The normalized spacial score (nSPS) is 21.9. The van der Waals surface area contributed by atoms with Gasteiger partial charge in [0.05, 0.1) is 19.6 Å². The van der Waals surface area contributed by atoms with Crippen LogP contribution in [0.25, 0.3) is 0 Å². The van der Waals surface area contributed by atoms with Crippen LogP contribution >= 0.6 is 0 Å². The smallest absolute Gasteiger partial charge is 0.305 e. The number of rotatable bonds is 5. The highest BCUT2D eigenvalue weighted by atomic mass is 16.6. The van der Waals surface area contributed by atoms with E-state index >= 15 is 0 Å². The van der Waals surface area contributed by atoms with Gasteiger partial charge in [-0.05, 0) is 18.6 Å². The molecule has 8 heteroatoms. The van der Waals surface area contributed by atoms with Gasteiger partial charge in [0, 0.05) is 25.3 Å². The Morgan fingerprint density at radius 1 is 1.28 bits per heavy atom. The van der Waals surface area contributed by atoms with Gasteiger partial charge < -0.3 is 29.0 Å². The third kappa shape index (κ3) is 3.48. The fourth-order valence-electron chi connectivity index (χ4n) is 3.25. The number of ether oxygens (including phenoxy) is 4. The second-order valence-corrected chi connectivity index (χ2v) is 6.01. The Labute approximate surface area is 145 Å². The van der Waals surface area contributed by atoms with Crippen LogP contribution in [0.4, 0.5) is 0 Å². The van der Waals surface area contributed by atoms with Gasteiger partial charge in [-0.15, -0.1) is 0 Å². The Bertz CT molecular complexity index is 658. The summed E-state index contributed by atoms with van der Waals surface area (Å²) < 4.78 is 21.7. The maximum Gasteiger partial charge on any atom is 0.305 e. The maximum atomic E-state index is 13.0. The van der Waals surface area contributed by atoms with Gasteiger partial charge in [-0.3, -0.25) is 9.59 Å². The average Bonchev–Trinajstić information content (AvgIpc) is 3.02. The first-order chi connectivity index (χ1) is 12.0. The molecule has 2 atom stereocenters. The van der Waals surface area contributed by atoms with Crippen LogP contribution in [0.1, 0.15) is 23.2 Å². The summed E-state index contributed by atoms with van der Waals surface area (Å²) >= 11 is 0. The molecule has 0 saturated carbocycles. The molecule has 1 amide bonds. The van der Waals surface area contributed by atoms with Gasteiger partial charge in [-0.1, -0.05) is 0 Å². The molecule has 0 aliphatic carbocycles. The third-order valence-corrected chi connectivity index (χ3v) is 4.46. The van der Waals surface area contributed by atoms with E-state index in [0.29, 0.717) is 49.0 Å². The predicted molar refractivity (Wildman–Crippen MR) is 86.5 cm³/mol. The lowest BCUT2D eigenvalue weighted by atomic mass is 10.1. The lowest BCUT2D eigenvalue weighted by Crippen LogP contribution is -2.37. The highest BCUT2D eigenvalue weighted by molar-refractivity contribution is 5.96. The Balaban J connectivity index is 1.89. The number of hydrogen-bond donors (Lipinski definition) is 1. The molecular weight excluding hydrogens is 330 g/mol. The van der Waals surface area contributed by atoms with Crippen molar-refractivity contribution in [3.8, 4) is 17.2 Å². The number of hydrogen-bond acceptors (Lipinski definition) is 6. The minimum atomic E-state index is -0.945. The Hall–Kier alpha value is -2.48. The van der Waals surface area contributed by atoms with Gasteiger partial charge in [-0.25, -0.2) is 0 Å². The van der Waals surface area contributed by atoms with Crippen LogP contribution in [0.2, 0.25) is 0 Å². The molecule has 3 rings (SSSR count). The van der Waals surface area contributed by atoms with E-state index in [1.54, 1.807) is 24.1 Å². The van der Waals surface area contributed by atoms with E-state index in [1.165, 1.54) is 7.11 Å². The summed E-state index contributed by atoms with van der Waals surface area (Å²) in [4.78, 5) is 25.6. The molecule has 1 saturated heterocycles. The zero-order valence-electron chi connectivity index (χ0n) is 14.2. The number of carboxylic acids is 1. The lowest BCUT2D eigenvalue weighted by molar-refractivity contribution is -0.138. The number of nitrogens with zero attached hydrogens (tertiary/aromatic N) is 1. The van der Waals surface area contributed by atoms with Crippen molar-refractivity contribution in [3.63, 3.8) is 0 Å². The topological polar surface area (TPSA) is 94.5 Å². The van der Waals surface area contributed by atoms with Crippen molar-refractivity contribution in [1.82, 2.24) is 4.90 Å². The van der Waals surface area contributed by atoms with Crippen molar-refractivity contribution < 1.29 is 33.6 Å². The average molecular weight is 351 g/mol. The summed E-state index contributed by atoms with van der Waals surface area (Å²) in [5.74, 6) is 0.119. The van der Waals surface area contributed by atoms with E-state index in [0.717, 1.165) is 0 Å². The molecule has 0 aromatic heterocycles. The number of benzene rings is 1. The summed E-state index contributed by atoms with van der Waals surface area (Å²) in [6.45, 7) is 1.16. The Morgan fingerprint density at radius 3 is 2.72 bits per heavy atom. The second kappa shape index (κ2) is 7.18. The molecule has 1 N–H and O–H groups in total. The number of methoxy groups -OCH3 is 2. The van der Waals surface area contributed by atoms with Crippen LogP contribution in [0.3, 0.4) is 0 Å². The molecule has 0 radical (unpaired) electrons. The second-order valence-electron chi connectivity index (χ2n) is 6.01. The van der Waals surface area contributed by atoms with Crippen LogP contribution in [-0.2, 0) is 9.53 Å². The molecule has 0 spiro atoms. The molecule has 2 aliphatic heterocycles. The van der Waals surface area contributed by atoms with Gasteiger partial charge in [0.15, 0.2) is 11.5 Å². The summed E-state index contributed by atoms with van der Waals surface area (Å²) in [5.41, 5.74) is 0.369. The van der Waals surface area contributed by atoms with Gasteiger partial charge in [0.1, 0.15) is 13.2 Å². The molecule has 1 aromatic carbocycles. The van der Waals surface area contributed by atoms with Crippen molar-refractivity contribution in [3.05, 3.63) is 17.7 Å². The van der Waals surface area contributed by atoms with Crippen molar-refractivity contribution in [2.75, 3.05) is 34.0 Å². The predicted octanol–water partition coefficient (Wildman–Crippen LogP) is 1.17. The van der Waals surface area contributed by atoms with Crippen molar-refractivity contribution >= 4 is 11.9 Å². The van der Waals surface area contributed by atoms with Crippen molar-refractivity contribution in [2.45, 2.75) is 25.0 Å². The van der Waals surface area contributed by atoms with E-state index in [4.69, 9.17) is 24.1 Å². The zero-order chi connectivity index (χ0) is 18.0. The minimum Gasteiger partial charge on any atom is -0.493 e. The molecule has 136 valence electrons. The van der Waals surface area contributed by atoms with Gasteiger partial charge in [-0.2, -0.15) is 0 Å². The molecule has 1 aromatic rings. The van der Waals surface area contributed by atoms with Crippen LogP contribution in [0.5, 0.6) is 17.2 Å². The molecule has 2 aliphatic rings. The number of likely N-dealkylation sites (tertiary alicyclic amines) is 1. The highest BCUT2D eigenvalue weighted by Gasteiger charge is 2.37. The van der Waals surface area contributed by atoms with Gasteiger partial charge in [0.2, 0.25) is 5.75 Å². The maximum absolute atomic E-state index is 13.0. The minimum absolute atomic E-state index is 0.118. The first-order valence-electron chi connectivity index (χ1n) is 8.06. The number of carbonyl (C=O) groups excluding carboxylic acids is 1. The summed E-state index contributed by atoms with van der Waals surface area (Å²) in [6, 6.07) is 2.79. The Morgan fingerprint density at radius 2 is 2.04 bits per heavy atom. The van der Waals surface area contributed by atoms with Crippen LogP contribution in [0, 0.1) is 0 Å². The van der Waals surface area contributed by atoms with E-state index in [1.807, 2.05) is 0 Å². The standard InChI is InChI=1S/C17H21NO7/c1-22-12-7-11(8-15(19)20)18(9-12)17(21)10-5-13(23-2)16-14(6-10)24-3-4-25-16/h5-6,11-12H,3-4,7-9H2,1-2H3,(H,19,20). The van der Waals surface area contributed by atoms with Crippen molar-refractivity contribution in [1.29, 1.82) is 0 Å². The number of aliphatic carboxylic acids is 1. The molecule has 25 heavy (non-hydrogen) atoms. The van der Waals surface area contributed by atoms with E-state index in [2.05, 4.69) is 0 Å². The summed E-state index contributed by atoms with van der Waals surface area (Å²) in [6.07, 6.45) is 0.205. The fraction of sp³-hybridized carbons (Fsp3) is 0.529. The highest BCUT2D eigenvalue weighted by Crippen LogP contribution is 2.41. The molecule has 2 unspecified atom stereocenters. The first kappa shape index (κ1) is 17.3. The number of carboxylic acid groups (broad SMARTS) is 1. The van der Waals surface area contributed by atoms with Crippen LogP contribution in [0.15, 0.2) is 12.1 Å². The number of carbonyl (C=O) groups is 2. The van der Waals surface area contributed by atoms with E-state index in [-0.39, 0.29) is 18.4 Å². The molecule has 2 heterocycles. The van der Waals surface area contributed by atoms with Gasteiger partial charge in [0.25, 0.3) is 5.91 Å². The summed E-state index contributed by atoms with van der Waals surface area (Å²) in [7, 11) is 3.05. The number of amides is 1. The number of fused-ring (bicyclic) bond motifs is 1. The first-order valence-corrected chi connectivity index (χ1v) is 8.06. The van der Waals surface area contributed by atoms with Crippen molar-refractivity contribution in [2.24, 2.45) is 0 Å². The summed E-state index contributed by atoms with van der Waals surface area (Å²) in [5, 5.41) is 9.11. The third-order valence-electron chi connectivity index (χ3n) is 4.46. The molecule has 1 fully saturated rings. The SMILES string of the molecule is COc1cc(C(=O)N2CC(OC)CC2CC(=O)O)cc2c1OCCO2. The Kier molecular flexibility index (Phi) is 4.98. The molecule has 0 bridgehead atoms. The fourth-order valence-corrected chi connectivity index (χ4v) is 3.25. The van der Waals surface area contributed by atoms with Gasteiger partial charge >= 0.3 is 5.97 Å². The monoisotopic (exact) mass is 351 g/mol. The van der Waals surface area contributed by atoms with Crippen LogP contribution in [-0.4, -0.2) is 68.0 Å². The lowest BCUT2D eigenvalue weighted by Gasteiger charge is -2.25. The molecule has 8 nitrogen and oxygen atoms in total. The largest absolute Gasteiger partial charge is 0.493 e. The van der Waals surface area contributed by atoms with E-state index < -0.39 is 12.0 Å². The molecular formula is C17H21NO7. The van der Waals surface area contributed by atoms with E-state index in [9.17, 15) is 9.59 Å².